The Morgan fingerprint density at radius 3 is 2.67 bits per heavy atom. The smallest absolute Gasteiger partial charge is 0.287 e. The second-order valence-electron chi connectivity index (χ2n) is 3.03. The van der Waals surface area contributed by atoms with Crippen molar-refractivity contribution in [3.63, 3.8) is 0 Å². The second-order valence-corrected chi connectivity index (χ2v) is 3.03. The van der Waals surface area contributed by atoms with Crippen LogP contribution in [0.3, 0.4) is 0 Å². The fourth-order valence-electron chi connectivity index (χ4n) is 1.02. The maximum Gasteiger partial charge on any atom is 0.287 e. The van der Waals surface area contributed by atoms with E-state index in [1.54, 1.807) is 12.1 Å². The molecule has 1 aromatic rings. The van der Waals surface area contributed by atoms with Crippen LogP contribution >= 0.6 is 0 Å². The van der Waals surface area contributed by atoms with Crippen molar-refractivity contribution in [2.75, 3.05) is 18.5 Å². The molecule has 2 N–H and O–H groups in total. The van der Waals surface area contributed by atoms with E-state index in [9.17, 15) is 8.78 Å². The monoisotopic (exact) mass is 212 g/mol. The Labute approximate surface area is 86.0 Å². The average Bonchev–Trinajstić information content (AvgIpc) is 2.27. The highest BCUT2D eigenvalue weighted by Gasteiger charge is 2.27. The molecule has 0 amide bonds. The number of aliphatic hydroxyl groups excluding tert-OH is 1. The van der Waals surface area contributed by atoms with Crippen molar-refractivity contribution in [2.45, 2.75) is 5.92 Å². The largest absolute Gasteiger partial charge is 0.390 e. The van der Waals surface area contributed by atoms with Gasteiger partial charge in [-0.05, 0) is 12.1 Å². The molecule has 0 saturated heterocycles. The molecule has 0 aliphatic heterocycles. The predicted octanol–water partition coefficient (Wildman–Crippen LogP) is 1.60. The number of halogens is 2. The average molecular weight is 212 g/mol. The first-order valence-electron chi connectivity index (χ1n) is 4.31. The summed E-state index contributed by atoms with van der Waals surface area (Å²) in [6, 6.07) is 8.23. The van der Waals surface area contributed by atoms with Crippen molar-refractivity contribution >= 4 is 5.69 Å². The lowest BCUT2D eigenvalue weighted by molar-refractivity contribution is -0.0372. The minimum Gasteiger partial charge on any atom is -0.390 e. The lowest BCUT2D eigenvalue weighted by Gasteiger charge is -2.15. The molecule has 15 heavy (non-hydrogen) atoms. The van der Waals surface area contributed by atoms with Crippen molar-refractivity contribution in [3.8, 4) is 6.07 Å². The number of para-hydroxylation sites is 1. The summed E-state index contributed by atoms with van der Waals surface area (Å²) >= 11 is 0. The third-order valence-electron chi connectivity index (χ3n) is 1.82. The van der Waals surface area contributed by atoms with Crippen LogP contribution in [0.2, 0.25) is 0 Å². The molecule has 0 bridgehead atoms. The topological polar surface area (TPSA) is 56.0 Å². The van der Waals surface area contributed by atoms with Crippen LogP contribution in [-0.2, 0) is 0 Å². The molecule has 0 aromatic heterocycles. The third-order valence-corrected chi connectivity index (χ3v) is 1.82. The van der Waals surface area contributed by atoms with Gasteiger partial charge in [0.25, 0.3) is 5.92 Å². The molecule has 0 heterocycles. The number of rotatable bonds is 4. The Morgan fingerprint density at radius 2 is 2.07 bits per heavy atom. The van der Waals surface area contributed by atoms with Crippen LogP contribution in [0, 0.1) is 11.3 Å². The summed E-state index contributed by atoms with van der Waals surface area (Å²) in [4.78, 5) is 0. The van der Waals surface area contributed by atoms with Gasteiger partial charge in [0.15, 0.2) is 0 Å². The minimum atomic E-state index is -3.18. The van der Waals surface area contributed by atoms with Crippen LogP contribution in [-0.4, -0.2) is 24.2 Å². The number of alkyl halides is 2. The molecule has 0 aliphatic carbocycles. The highest BCUT2D eigenvalue weighted by molar-refractivity contribution is 5.57. The minimum absolute atomic E-state index is 0.297. The Balaban J connectivity index is 2.70. The summed E-state index contributed by atoms with van der Waals surface area (Å²) in [7, 11) is 0. The fourth-order valence-corrected chi connectivity index (χ4v) is 1.02. The van der Waals surface area contributed by atoms with Gasteiger partial charge in [0.1, 0.15) is 12.7 Å². The maximum absolute atomic E-state index is 12.7. The van der Waals surface area contributed by atoms with Gasteiger partial charge in [-0.1, -0.05) is 12.1 Å². The van der Waals surface area contributed by atoms with Crippen molar-refractivity contribution in [2.24, 2.45) is 0 Å². The standard InChI is InChI=1S/C10H10F2N2O/c11-10(12,7-15)6-14-9-4-2-1-3-8(9)5-13/h1-4,14-15H,6-7H2. The van der Waals surface area contributed by atoms with Crippen LogP contribution in [0.15, 0.2) is 24.3 Å². The summed E-state index contributed by atoms with van der Waals surface area (Å²) in [5.74, 6) is -3.18. The number of benzene rings is 1. The molecule has 0 saturated carbocycles. The van der Waals surface area contributed by atoms with E-state index in [-0.39, 0.29) is 0 Å². The first-order valence-corrected chi connectivity index (χ1v) is 4.31. The second kappa shape index (κ2) is 4.71. The number of aliphatic hydroxyl groups is 1. The van der Waals surface area contributed by atoms with E-state index < -0.39 is 19.1 Å². The van der Waals surface area contributed by atoms with Gasteiger partial charge in [-0.2, -0.15) is 5.26 Å². The van der Waals surface area contributed by atoms with Crippen LogP contribution in [0.4, 0.5) is 14.5 Å². The Kier molecular flexibility index (Phi) is 3.58. The van der Waals surface area contributed by atoms with Gasteiger partial charge >= 0.3 is 0 Å². The SMILES string of the molecule is N#Cc1ccccc1NCC(F)(F)CO. The molecule has 80 valence electrons. The van der Waals surface area contributed by atoms with Crippen LogP contribution in [0.25, 0.3) is 0 Å². The van der Waals surface area contributed by atoms with E-state index >= 15 is 0 Å². The lowest BCUT2D eigenvalue weighted by atomic mass is 10.2. The summed E-state index contributed by atoms with van der Waals surface area (Å²) in [6.45, 7) is -1.91. The molecular weight excluding hydrogens is 202 g/mol. The summed E-state index contributed by atoms with van der Waals surface area (Å²) in [5.41, 5.74) is 0.638. The highest BCUT2D eigenvalue weighted by atomic mass is 19.3. The van der Waals surface area contributed by atoms with Crippen molar-refractivity contribution in [1.29, 1.82) is 5.26 Å². The van der Waals surface area contributed by atoms with Gasteiger partial charge in [0.05, 0.1) is 17.8 Å². The quantitative estimate of drug-likeness (QED) is 0.797. The normalized spacial score (nSPS) is 10.8. The number of hydrogen-bond donors (Lipinski definition) is 2. The van der Waals surface area contributed by atoms with Gasteiger partial charge in [0, 0.05) is 0 Å². The summed E-state index contributed by atoms with van der Waals surface area (Å²) in [6.07, 6.45) is 0. The molecule has 0 spiro atoms. The molecule has 0 fully saturated rings. The van der Waals surface area contributed by atoms with Crippen LogP contribution in [0.1, 0.15) is 5.56 Å². The van der Waals surface area contributed by atoms with E-state index in [4.69, 9.17) is 10.4 Å². The number of nitriles is 1. The Hall–Kier alpha value is -1.67. The molecule has 0 radical (unpaired) electrons. The van der Waals surface area contributed by atoms with Gasteiger partial charge < -0.3 is 10.4 Å². The first-order chi connectivity index (χ1) is 7.09. The molecule has 0 unspecified atom stereocenters. The van der Waals surface area contributed by atoms with E-state index in [0.29, 0.717) is 11.3 Å². The summed E-state index contributed by atoms with van der Waals surface area (Å²) in [5, 5.41) is 19.4. The van der Waals surface area contributed by atoms with Gasteiger partial charge in [-0.15, -0.1) is 0 Å². The van der Waals surface area contributed by atoms with Crippen LogP contribution < -0.4 is 5.32 Å². The van der Waals surface area contributed by atoms with Crippen molar-refractivity contribution < 1.29 is 13.9 Å². The number of anilines is 1. The van der Waals surface area contributed by atoms with Gasteiger partial charge in [0.2, 0.25) is 0 Å². The number of nitrogens with one attached hydrogen (secondary N) is 1. The highest BCUT2D eigenvalue weighted by Crippen LogP contribution is 2.17. The lowest BCUT2D eigenvalue weighted by Crippen LogP contribution is -2.31. The zero-order valence-electron chi connectivity index (χ0n) is 7.87. The molecule has 3 nitrogen and oxygen atoms in total. The van der Waals surface area contributed by atoms with Gasteiger partial charge in [-0.3, -0.25) is 0 Å². The van der Waals surface area contributed by atoms with E-state index in [2.05, 4.69) is 5.32 Å². The molecule has 5 heteroatoms. The van der Waals surface area contributed by atoms with Crippen molar-refractivity contribution in [3.05, 3.63) is 29.8 Å². The third kappa shape index (κ3) is 3.18. The van der Waals surface area contributed by atoms with E-state index in [1.807, 2.05) is 6.07 Å². The molecule has 1 rings (SSSR count). The first kappa shape index (κ1) is 11.4. The fraction of sp³-hybridized carbons (Fsp3) is 0.300. The number of nitrogens with zero attached hydrogens (tertiary/aromatic N) is 1. The zero-order valence-corrected chi connectivity index (χ0v) is 7.87. The van der Waals surface area contributed by atoms with Crippen molar-refractivity contribution in [1.82, 2.24) is 0 Å². The molecule has 0 aliphatic rings. The molecule has 1 aromatic carbocycles. The molecular formula is C10H10F2N2O. The van der Waals surface area contributed by atoms with E-state index in [0.717, 1.165) is 0 Å². The number of hydrogen-bond acceptors (Lipinski definition) is 3. The zero-order chi connectivity index (χ0) is 11.3. The maximum atomic E-state index is 12.7. The van der Waals surface area contributed by atoms with Gasteiger partial charge in [-0.25, -0.2) is 8.78 Å². The molecule has 0 atom stereocenters. The Morgan fingerprint density at radius 1 is 1.40 bits per heavy atom. The van der Waals surface area contributed by atoms with E-state index in [1.165, 1.54) is 12.1 Å². The Bertz CT molecular complexity index is 374. The summed E-state index contributed by atoms with van der Waals surface area (Å²) < 4.78 is 25.4. The predicted molar refractivity (Wildman–Crippen MR) is 51.7 cm³/mol. The van der Waals surface area contributed by atoms with Crippen LogP contribution in [0.5, 0.6) is 0 Å².